The van der Waals surface area contributed by atoms with Crippen molar-refractivity contribution in [3.63, 3.8) is 0 Å². The molecule has 0 bridgehead atoms. The second-order valence-corrected chi connectivity index (χ2v) is 6.14. The molecule has 2 aromatic rings. The number of nitrogens with zero attached hydrogens (tertiary/aromatic N) is 2. The maximum absolute atomic E-state index is 6.13. The minimum Gasteiger partial charge on any atom is -0.378 e. The second-order valence-electron chi connectivity index (χ2n) is 4.23. The summed E-state index contributed by atoms with van der Waals surface area (Å²) in [6, 6.07) is 5.48. The molecule has 0 spiro atoms. The Morgan fingerprint density at radius 1 is 1.20 bits per heavy atom. The average molecular weight is 330 g/mol. The van der Waals surface area contributed by atoms with Crippen molar-refractivity contribution in [1.29, 1.82) is 0 Å². The van der Waals surface area contributed by atoms with E-state index in [0.29, 0.717) is 16.6 Å². The Kier molecular flexibility index (Phi) is 5.52. The first kappa shape index (κ1) is 15.4. The van der Waals surface area contributed by atoms with E-state index in [-0.39, 0.29) is 0 Å². The molecule has 0 aliphatic carbocycles. The highest BCUT2D eigenvalue weighted by Gasteiger charge is 2.09. The van der Waals surface area contributed by atoms with E-state index < -0.39 is 0 Å². The molecule has 0 saturated carbocycles. The van der Waals surface area contributed by atoms with Gasteiger partial charge >= 0.3 is 0 Å². The minimum atomic E-state index is 0.631. The fraction of sp³-hybridized carbons (Fsp3) is 0.357. The van der Waals surface area contributed by atoms with Gasteiger partial charge in [-0.25, -0.2) is 4.98 Å². The van der Waals surface area contributed by atoms with Crippen molar-refractivity contribution in [3.8, 4) is 0 Å². The zero-order valence-electron chi connectivity index (χ0n) is 11.5. The van der Waals surface area contributed by atoms with Gasteiger partial charge in [0.25, 0.3) is 0 Å². The van der Waals surface area contributed by atoms with Crippen LogP contribution < -0.4 is 10.2 Å². The summed E-state index contributed by atoms with van der Waals surface area (Å²) in [6.45, 7) is 6.86. The smallest absolute Gasteiger partial charge is 0.185 e. The Morgan fingerprint density at radius 3 is 2.45 bits per heavy atom. The van der Waals surface area contributed by atoms with Crippen molar-refractivity contribution in [3.05, 3.63) is 39.3 Å². The molecule has 1 aromatic heterocycles. The summed E-state index contributed by atoms with van der Waals surface area (Å²) >= 11 is 13.9. The Balaban J connectivity index is 2.05. The molecular weight excluding hydrogens is 313 g/mol. The van der Waals surface area contributed by atoms with E-state index in [1.165, 1.54) is 0 Å². The first-order valence-electron chi connectivity index (χ1n) is 6.53. The molecule has 0 aliphatic rings. The van der Waals surface area contributed by atoms with Gasteiger partial charge in [0.1, 0.15) is 0 Å². The van der Waals surface area contributed by atoms with Crippen LogP contribution in [0, 0.1) is 0 Å². The molecule has 0 aliphatic heterocycles. The van der Waals surface area contributed by atoms with Crippen LogP contribution in [0.4, 0.5) is 10.8 Å². The molecule has 0 amide bonds. The molecular formula is C14H17Cl2N3S. The highest BCUT2D eigenvalue weighted by Crippen LogP contribution is 2.31. The molecule has 0 radical (unpaired) electrons. The summed E-state index contributed by atoms with van der Waals surface area (Å²) in [5.41, 5.74) is 0.772. The Labute approximate surface area is 133 Å². The number of benzene rings is 1. The number of para-hydroxylation sites is 1. The van der Waals surface area contributed by atoms with E-state index in [2.05, 4.69) is 29.0 Å². The van der Waals surface area contributed by atoms with Gasteiger partial charge in [-0.3, -0.25) is 0 Å². The zero-order chi connectivity index (χ0) is 14.5. The molecule has 0 atom stereocenters. The number of aromatic nitrogens is 1. The van der Waals surface area contributed by atoms with Gasteiger partial charge in [0.15, 0.2) is 5.13 Å². The van der Waals surface area contributed by atoms with Crippen LogP contribution in [0.25, 0.3) is 0 Å². The summed E-state index contributed by atoms with van der Waals surface area (Å²) in [4.78, 5) is 7.84. The van der Waals surface area contributed by atoms with E-state index in [1.807, 2.05) is 24.4 Å². The van der Waals surface area contributed by atoms with E-state index >= 15 is 0 Å². The normalized spacial score (nSPS) is 10.6. The maximum Gasteiger partial charge on any atom is 0.185 e. The molecule has 1 aromatic carbocycles. The van der Waals surface area contributed by atoms with Crippen LogP contribution >= 0.6 is 34.5 Å². The van der Waals surface area contributed by atoms with Crippen LogP contribution in [-0.4, -0.2) is 18.1 Å². The first-order valence-corrected chi connectivity index (χ1v) is 8.10. The lowest BCUT2D eigenvalue weighted by Gasteiger charge is -2.16. The summed E-state index contributed by atoms with van der Waals surface area (Å²) in [5.74, 6) is 0. The van der Waals surface area contributed by atoms with Crippen LogP contribution in [0.3, 0.4) is 0 Å². The number of hydrogen-bond acceptors (Lipinski definition) is 4. The third-order valence-electron chi connectivity index (χ3n) is 2.98. The molecule has 0 saturated heterocycles. The topological polar surface area (TPSA) is 28.2 Å². The van der Waals surface area contributed by atoms with Gasteiger partial charge in [-0.05, 0) is 26.0 Å². The van der Waals surface area contributed by atoms with Gasteiger partial charge in [0, 0.05) is 24.2 Å². The van der Waals surface area contributed by atoms with Crippen LogP contribution in [0.15, 0.2) is 24.4 Å². The Morgan fingerprint density at radius 2 is 1.85 bits per heavy atom. The highest BCUT2D eigenvalue weighted by atomic mass is 35.5. The lowest BCUT2D eigenvalue weighted by molar-refractivity contribution is 0.860. The van der Waals surface area contributed by atoms with Gasteiger partial charge in [-0.1, -0.05) is 29.3 Å². The van der Waals surface area contributed by atoms with Crippen molar-refractivity contribution >= 4 is 45.4 Å². The van der Waals surface area contributed by atoms with E-state index in [9.17, 15) is 0 Å². The fourth-order valence-electron chi connectivity index (χ4n) is 1.86. The lowest BCUT2D eigenvalue weighted by atomic mass is 10.3. The molecule has 20 heavy (non-hydrogen) atoms. The Hall–Kier alpha value is -0.970. The van der Waals surface area contributed by atoms with Crippen molar-refractivity contribution < 1.29 is 0 Å². The maximum atomic E-state index is 6.13. The summed E-state index contributed by atoms with van der Waals surface area (Å²) in [5, 5.41) is 5.59. The van der Waals surface area contributed by atoms with Crippen molar-refractivity contribution in [2.75, 3.05) is 23.3 Å². The average Bonchev–Trinajstić information content (AvgIpc) is 2.88. The predicted octanol–water partition coefficient (Wildman–Crippen LogP) is 4.91. The Bertz CT molecular complexity index is 547. The number of anilines is 2. The van der Waals surface area contributed by atoms with Gasteiger partial charge in [0.05, 0.1) is 22.3 Å². The standard InChI is InChI=1S/C14H17Cl2N3S/c1-3-19(4-2)14-18-9-10(20-14)8-17-13-11(15)6-5-7-12(13)16/h5-7,9,17H,3-4,8H2,1-2H3. The van der Waals surface area contributed by atoms with Gasteiger partial charge in [-0.15, -0.1) is 11.3 Å². The number of rotatable bonds is 6. The van der Waals surface area contributed by atoms with Gasteiger partial charge < -0.3 is 10.2 Å². The third kappa shape index (κ3) is 3.57. The van der Waals surface area contributed by atoms with Crippen LogP contribution in [-0.2, 0) is 6.54 Å². The van der Waals surface area contributed by atoms with Crippen LogP contribution in [0.2, 0.25) is 10.0 Å². The largest absolute Gasteiger partial charge is 0.378 e. The monoisotopic (exact) mass is 329 g/mol. The fourth-order valence-corrected chi connectivity index (χ4v) is 3.37. The van der Waals surface area contributed by atoms with Gasteiger partial charge in [-0.2, -0.15) is 0 Å². The minimum absolute atomic E-state index is 0.631. The summed E-state index contributed by atoms with van der Waals surface area (Å²) in [6.07, 6.45) is 1.90. The zero-order valence-corrected chi connectivity index (χ0v) is 13.8. The van der Waals surface area contributed by atoms with Crippen molar-refractivity contribution in [2.45, 2.75) is 20.4 Å². The molecule has 3 nitrogen and oxygen atoms in total. The lowest BCUT2D eigenvalue weighted by Crippen LogP contribution is -2.21. The SMILES string of the molecule is CCN(CC)c1ncc(CNc2c(Cl)cccc2Cl)s1. The third-order valence-corrected chi connectivity index (χ3v) is 4.67. The quantitative estimate of drug-likeness (QED) is 0.816. The first-order chi connectivity index (χ1) is 9.65. The van der Waals surface area contributed by atoms with E-state index in [4.69, 9.17) is 23.2 Å². The highest BCUT2D eigenvalue weighted by molar-refractivity contribution is 7.15. The van der Waals surface area contributed by atoms with Crippen LogP contribution in [0.1, 0.15) is 18.7 Å². The molecule has 108 valence electrons. The number of hydrogen-bond donors (Lipinski definition) is 1. The number of nitrogens with one attached hydrogen (secondary N) is 1. The summed E-state index contributed by atoms with van der Waals surface area (Å²) in [7, 11) is 0. The van der Waals surface area contributed by atoms with Crippen molar-refractivity contribution in [2.24, 2.45) is 0 Å². The molecule has 1 N–H and O–H groups in total. The summed E-state index contributed by atoms with van der Waals surface area (Å²) < 4.78 is 0. The predicted molar refractivity (Wildman–Crippen MR) is 89.5 cm³/mol. The molecule has 6 heteroatoms. The van der Waals surface area contributed by atoms with E-state index in [1.54, 1.807) is 11.3 Å². The van der Waals surface area contributed by atoms with Crippen LogP contribution in [0.5, 0.6) is 0 Å². The number of halogens is 2. The second kappa shape index (κ2) is 7.16. The molecule has 2 rings (SSSR count). The molecule has 0 unspecified atom stereocenters. The van der Waals surface area contributed by atoms with Gasteiger partial charge in [0.2, 0.25) is 0 Å². The van der Waals surface area contributed by atoms with E-state index in [0.717, 1.165) is 28.8 Å². The molecule has 1 heterocycles. The molecule has 0 fully saturated rings. The number of thiazole rings is 1. The van der Waals surface area contributed by atoms with Crippen molar-refractivity contribution in [1.82, 2.24) is 4.98 Å².